The molecular weight excluding hydrogens is 1100 g/mol. The molecule has 1 N–H and O–H groups in total. The van der Waals surface area contributed by atoms with Crippen molar-refractivity contribution in [1.29, 1.82) is 0 Å². The molecule has 1 atom stereocenters. The van der Waals surface area contributed by atoms with Crippen LogP contribution in [0.5, 0.6) is 0 Å². The molecule has 5 heteroatoms. The molecule has 0 aliphatic rings. The number of esters is 2. The van der Waals surface area contributed by atoms with E-state index in [0.717, 1.165) is 128 Å². The van der Waals surface area contributed by atoms with Crippen LogP contribution in [-0.4, -0.2) is 36.4 Å². The standard InChI is InChI=1S/C85H140O5/c1-3-5-7-9-11-13-15-17-19-21-23-25-27-29-31-33-35-37-39-40-41-42-43-44-46-48-50-52-54-56-58-60-62-64-66-68-70-72-74-76-78-80-85(88)90-83(81-86)82-89-84(87)79-77-75-73-71-69-67-65-63-61-59-57-55-53-51-49-47-45-38-36-34-32-30-28-26-24-22-20-18-16-14-12-10-8-6-4-2/h5-8,11-14,17-20,23-26,29-32,35-38,40-41,43-44,83,86H,3-4,9-10,15-16,21-22,27-28,33-34,39,42,45-82H2,1-2H3/b7-5-,8-6-,13-11-,14-12-,19-17-,20-18-,25-23-,26-24-,31-29-,32-30-,37-35-,38-36-,41-40-,44-43-. The zero-order chi connectivity index (χ0) is 64.7. The highest BCUT2D eigenvalue weighted by atomic mass is 16.6. The van der Waals surface area contributed by atoms with E-state index in [2.05, 4.69) is 184 Å². The van der Waals surface area contributed by atoms with E-state index >= 15 is 0 Å². The second-order valence-corrected chi connectivity index (χ2v) is 24.6. The number of carbonyl (C=O) groups excluding carboxylic acids is 2. The van der Waals surface area contributed by atoms with E-state index in [1.54, 1.807) is 0 Å². The van der Waals surface area contributed by atoms with Crippen molar-refractivity contribution in [2.24, 2.45) is 0 Å². The molecule has 5 nitrogen and oxygen atoms in total. The van der Waals surface area contributed by atoms with E-state index in [-0.39, 0.29) is 25.2 Å². The summed E-state index contributed by atoms with van der Waals surface area (Å²) in [4.78, 5) is 24.7. The van der Waals surface area contributed by atoms with Crippen LogP contribution in [0.2, 0.25) is 0 Å². The average Bonchev–Trinajstić information content (AvgIpc) is 3.60. The molecule has 0 saturated heterocycles. The number of hydrogen-bond donors (Lipinski definition) is 1. The lowest BCUT2D eigenvalue weighted by Crippen LogP contribution is -2.28. The highest BCUT2D eigenvalue weighted by Crippen LogP contribution is 2.18. The first-order valence-corrected chi connectivity index (χ1v) is 37.7. The van der Waals surface area contributed by atoms with E-state index in [1.165, 1.54) is 180 Å². The summed E-state index contributed by atoms with van der Waals surface area (Å²) in [6, 6.07) is 0. The molecule has 0 aliphatic carbocycles. The van der Waals surface area contributed by atoms with Gasteiger partial charge in [-0.15, -0.1) is 0 Å². The highest BCUT2D eigenvalue weighted by molar-refractivity contribution is 5.70. The quantitative estimate of drug-likeness (QED) is 0.0373. The Labute approximate surface area is 557 Å². The van der Waals surface area contributed by atoms with Gasteiger partial charge in [-0.1, -0.05) is 364 Å². The molecule has 0 bridgehead atoms. The summed E-state index contributed by atoms with van der Waals surface area (Å²) < 4.78 is 10.8. The third-order valence-corrected chi connectivity index (χ3v) is 16.0. The predicted octanol–water partition coefficient (Wildman–Crippen LogP) is 26.8. The predicted molar refractivity (Wildman–Crippen MR) is 398 cm³/mol. The maximum atomic E-state index is 12.4. The van der Waals surface area contributed by atoms with Crippen LogP contribution in [0.25, 0.3) is 0 Å². The first-order chi connectivity index (χ1) is 44.6. The second-order valence-electron chi connectivity index (χ2n) is 24.6. The molecular formula is C85H140O5. The summed E-state index contributed by atoms with van der Waals surface area (Å²) in [5.41, 5.74) is 0. The number of aliphatic hydroxyl groups excluding tert-OH is 1. The van der Waals surface area contributed by atoms with Crippen molar-refractivity contribution in [2.45, 2.75) is 341 Å². The third-order valence-electron chi connectivity index (χ3n) is 16.0. The van der Waals surface area contributed by atoms with Crippen molar-refractivity contribution >= 4 is 11.9 Å². The van der Waals surface area contributed by atoms with Crippen molar-refractivity contribution in [2.75, 3.05) is 13.2 Å². The molecule has 0 saturated carbocycles. The molecule has 510 valence electrons. The van der Waals surface area contributed by atoms with Crippen LogP contribution in [-0.2, 0) is 19.1 Å². The van der Waals surface area contributed by atoms with Crippen molar-refractivity contribution < 1.29 is 24.2 Å². The molecule has 0 aromatic heterocycles. The van der Waals surface area contributed by atoms with Crippen molar-refractivity contribution in [3.05, 3.63) is 170 Å². The normalized spacial score (nSPS) is 13.2. The van der Waals surface area contributed by atoms with Crippen molar-refractivity contribution in [3.8, 4) is 0 Å². The fourth-order valence-electron chi connectivity index (χ4n) is 10.5. The van der Waals surface area contributed by atoms with E-state index in [4.69, 9.17) is 9.47 Å². The second kappa shape index (κ2) is 78.5. The number of allylic oxidation sites excluding steroid dienone is 28. The van der Waals surface area contributed by atoms with E-state index in [9.17, 15) is 14.7 Å². The summed E-state index contributed by atoms with van der Waals surface area (Å²) in [6.45, 7) is 3.93. The maximum absolute atomic E-state index is 12.4. The van der Waals surface area contributed by atoms with Gasteiger partial charge in [0.25, 0.3) is 0 Å². The number of rotatable bonds is 68. The SMILES string of the molecule is CC/C=C\C/C=C\C/C=C\C/C=C\C/C=C\C/C=C\C/C=C\C/C=C\CCCCCCCCCCCCCCCCCCC(=O)OC(CO)COC(=O)CCCCCCCCCCCCCCCCCC/C=C\C/C=C\C/C=C\C/C=C\C/C=C\C/C=C\CC. The molecule has 0 rings (SSSR count). The van der Waals surface area contributed by atoms with Crippen LogP contribution in [0.15, 0.2) is 170 Å². The Morgan fingerprint density at radius 2 is 0.444 bits per heavy atom. The summed E-state index contributed by atoms with van der Waals surface area (Å²) in [5, 5.41) is 9.72. The van der Waals surface area contributed by atoms with Gasteiger partial charge in [-0.3, -0.25) is 9.59 Å². The number of carbonyl (C=O) groups is 2. The lowest BCUT2D eigenvalue weighted by atomic mass is 10.0. The summed E-state index contributed by atoms with van der Waals surface area (Å²) in [7, 11) is 0. The minimum absolute atomic E-state index is 0.0702. The van der Waals surface area contributed by atoms with Crippen LogP contribution in [0.4, 0.5) is 0 Å². The van der Waals surface area contributed by atoms with Gasteiger partial charge in [-0.25, -0.2) is 0 Å². The Morgan fingerprint density at radius 1 is 0.256 bits per heavy atom. The van der Waals surface area contributed by atoms with Crippen LogP contribution >= 0.6 is 0 Å². The minimum Gasteiger partial charge on any atom is -0.462 e. The Morgan fingerprint density at radius 3 is 0.667 bits per heavy atom. The van der Waals surface area contributed by atoms with Gasteiger partial charge < -0.3 is 14.6 Å². The monoisotopic (exact) mass is 1240 g/mol. The van der Waals surface area contributed by atoms with Crippen LogP contribution in [0, 0.1) is 0 Å². The molecule has 0 aliphatic heterocycles. The maximum Gasteiger partial charge on any atom is 0.306 e. The summed E-state index contributed by atoms with van der Waals surface area (Å²) in [6.07, 6.45) is 121. The molecule has 0 fully saturated rings. The molecule has 0 heterocycles. The lowest BCUT2D eigenvalue weighted by Gasteiger charge is -2.15. The fourth-order valence-corrected chi connectivity index (χ4v) is 10.5. The molecule has 90 heavy (non-hydrogen) atoms. The van der Waals surface area contributed by atoms with Gasteiger partial charge in [0, 0.05) is 12.8 Å². The highest BCUT2D eigenvalue weighted by Gasteiger charge is 2.16. The van der Waals surface area contributed by atoms with Gasteiger partial charge in [-0.2, -0.15) is 0 Å². The van der Waals surface area contributed by atoms with Gasteiger partial charge in [0.1, 0.15) is 6.61 Å². The van der Waals surface area contributed by atoms with Crippen molar-refractivity contribution in [3.63, 3.8) is 0 Å². The average molecular weight is 1240 g/mol. The van der Waals surface area contributed by atoms with Gasteiger partial charge >= 0.3 is 11.9 Å². The molecule has 0 aromatic carbocycles. The van der Waals surface area contributed by atoms with Gasteiger partial charge in [0.15, 0.2) is 6.10 Å². The van der Waals surface area contributed by atoms with Crippen LogP contribution in [0.1, 0.15) is 335 Å². The Balaban J connectivity index is 3.49. The van der Waals surface area contributed by atoms with Gasteiger partial charge in [0.05, 0.1) is 6.61 Å². The van der Waals surface area contributed by atoms with Gasteiger partial charge in [-0.05, 0) is 128 Å². The largest absolute Gasteiger partial charge is 0.462 e. The number of ether oxygens (including phenoxy) is 2. The first kappa shape index (κ1) is 85.3. The topological polar surface area (TPSA) is 72.8 Å². The van der Waals surface area contributed by atoms with E-state index in [1.807, 2.05) is 0 Å². The Bertz CT molecular complexity index is 1940. The number of aliphatic hydroxyl groups is 1. The minimum atomic E-state index is -0.782. The molecule has 0 spiro atoms. The fraction of sp³-hybridized carbons (Fsp3) is 0.647. The number of unbranched alkanes of at least 4 members (excludes halogenated alkanes) is 32. The molecule has 0 aromatic rings. The van der Waals surface area contributed by atoms with E-state index < -0.39 is 6.10 Å². The lowest BCUT2D eigenvalue weighted by molar-refractivity contribution is -0.161. The third kappa shape index (κ3) is 75.7. The smallest absolute Gasteiger partial charge is 0.306 e. The van der Waals surface area contributed by atoms with Crippen molar-refractivity contribution in [1.82, 2.24) is 0 Å². The summed E-state index contributed by atoms with van der Waals surface area (Å²) in [5.74, 6) is -0.586. The van der Waals surface area contributed by atoms with E-state index in [0.29, 0.717) is 12.8 Å². The number of hydrogen-bond acceptors (Lipinski definition) is 5. The van der Waals surface area contributed by atoms with Crippen LogP contribution in [0.3, 0.4) is 0 Å². The zero-order valence-corrected chi connectivity index (χ0v) is 58.6. The van der Waals surface area contributed by atoms with Crippen LogP contribution < -0.4 is 0 Å². The summed E-state index contributed by atoms with van der Waals surface area (Å²) >= 11 is 0. The Kier molecular flexibility index (Phi) is 74.4. The first-order valence-electron chi connectivity index (χ1n) is 37.7. The molecule has 0 radical (unpaired) electrons. The molecule has 1 unspecified atom stereocenters. The molecule has 0 amide bonds. The van der Waals surface area contributed by atoms with Gasteiger partial charge in [0.2, 0.25) is 0 Å². The Hall–Kier alpha value is -4.74. The zero-order valence-electron chi connectivity index (χ0n) is 58.6.